The molecule has 1 saturated carbocycles. The number of carbonyl (C=O) groups is 4. The number of ether oxygens (including phenoxy) is 1. The Bertz CT molecular complexity index is 925. The van der Waals surface area contributed by atoms with Crippen LogP contribution in [0.25, 0.3) is 0 Å². The molecule has 0 aromatic heterocycles. The number of carboxylic acids is 2. The van der Waals surface area contributed by atoms with E-state index in [1.165, 1.54) is 24.3 Å². The van der Waals surface area contributed by atoms with Gasteiger partial charge in [-0.3, -0.25) is 9.59 Å². The van der Waals surface area contributed by atoms with Gasteiger partial charge in [-0.2, -0.15) is 0 Å². The Kier molecular flexibility index (Phi) is 3.31. The van der Waals surface area contributed by atoms with Gasteiger partial charge < -0.3 is 25.2 Å². The molecular formula is C18H14O9. The number of ketones is 2. The summed E-state index contributed by atoms with van der Waals surface area (Å²) in [5.74, 6) is -12.9. The molecule has 0 unspecified atom stereocenters. The summed E-state index contributed by atoms with van der Waals surface area (Å²) in [5, 5.41) is 39.6. The van der Waals surface area contributed by atoms with Crippen LogP contribution in [0, 0.1) is 23.2 Å². The van der Waals surface area contributed by atoms with Crippen molar-refractivity contribution in [1.29, 1.82) is 0 Å². The highest BCUT2D eigenvalue weighted by Crippen LogP contribution is 2.68. The molecule has 5 rings (SSSR count). The molecule has 4 N–H and O–H groups in total. The van der Waals surface area contributed by atoms with Crippen LogP contribution in [0.1, 0.15) is 0 Å². The second-order valence-electron chi connectivity index (χ2n) is 7.00. The first kappa shape index (κ1) is 17.5. The van der Waals surface area contributed by atoms with E-state index in [2.05, 4.69) is 0 Å². The molecule has 140 valence electrons. The first-order chi connectivity index (χ1) is 12.6. The van der Waals surface area contributed by atoms with E-state index in [0.29, 0.717) is 0 Å². The summed E-state index contributed by atoms with van der Waals surface area (Å²) in [4.78, 5) is 47.1. The Hall–Kier alpha value is -2.88. The summed E-state index contributed by atoms with van der Waals surface area (Å²) in [6, 6.07) is 0. The molecule has 5 aliphatic rings. The summed E-state index contributed by atoms with van der Waals surface area (Å²) in [6.07, 6.45) is 7.73. The standard InChI is InChI=1S/C18H14O9/c19-10-3-5-16(6-4-12(22)23)9-7-8(1-2-11(20)21)13-14(16)17(10,25)27-18(13,26)15(9)24/h1-7,9,13-14,25-26H,(H,20,21)(H,22,23)/b2-1-,6-4-/t9-,13-,14-,16-,17+,18+/m0/s1. The number of rotatable bonds is 4. The summed E-state index contributed by atoms with van der Waals surface area (Å²) >= 11 is 0. The molecule has 9 nitrogen and oxygen atoms in total. The predicted molar refractivity (Wildman–Crippen MR) is 84.7 cm³/mol. The molecule has 0 aromatic carbocycles. The SMILES string of the molecule is O=C(O)/C=C\C1=C[C@H]2C(=O)[C@]3(O)O[C@]4(O)C(=O)C=C[C@@]2(/C=C\C(=O)O)[C@@H]4[C@H]13. The third kappa shape index (κ3) is 1.98. The van der Waals surface area contributed by atoms with Gasteiger partial charge in [0.1, 0.15) is 0 Å². The van der Waals surface area contributed by atoms with Gasteiger partial charge in [0.05, 0.1) is 11.8 Å². The molecule has 6 atom stereocenters. The van der Waals surface area contributed by atoms with E-state index in [9.17, 15) is 29.4 Å². The number of carbonyl (C=O) groups excluding carboxylic acids is 2. The molecule has 9 heteroatoms. The maximum atomic E-state index is 12.9. The van der Waals surface area contributed by atoms with E-state index < -0.39 is 58.2 Å². The van der Waals surface area contributed by atoms with Crippen molar-refractivity contribution in [1.82, 2.24) is 0 Å². The highest BCUT2D eigenvalue weighted by molar-refractivity contribution is 6.03. The van der Waals surface area contributed by atoms with Crippen molar-refractivity contribution < 1.29 is 44.3 Å². The van der Waals surface area contributed by atoms with E-state index in [0.717, 1.165) is 18.2 Å². The molecular weight excluding hydrogens is 360 g/mol. The highest BCUT2D eigenvalue weighted by atomic mass is 16.7. The topological polar surface area (TPSA) is 158 Å². The number of hydrogen-bond donors (Lipinski definition) is 4. The van der Waals surface area contributed by atoms with Crippen LogP contribution < -0.4 is 0 Å². The molecule has 0 radical (unpaired) electrons. The average Bonchev–Trinajstić information content (AvgIpc) is 2.85. The van der Waals surface area contributed by atoms with Crippen molar-refractivity contribution in [2.45, 2.75) is 11.6 Å². The molecule has 1 saturated heterocycles. The van der Waals surface area contributed by atoms with Gasteiger partial charge in [-0.1, -0.05) is 24.3 Å². The zero-order chi connectivity index (χ0) is 19.8. The number of carboxylic acid groups (broad SMARTS) is 2. The fourth-order valence-electron chi connectivity index (χ4n) is 4.78. The molecule has 1 heterocycles. The normalized spacial score (nSPS) is 44.4. The lowest BCUT2D eigenvalue weighted by molar-refractivity contribution is -0.271. The quantitative estimate of drug-likeness (QED) is 0.461. The molecule has 4 aliphatic carbocycles. The molecule has 27 heavy (non-hydrogen) atoms. The lowest BCUT2D eigenvalue weighted by Gasteiger charge is -2.54. The van der Waals surface area contributed by atoms with E-state index >= 15 is 0 Å². The average molecular weight is 374 g/mol. The van der Waals surface area contributed by atoms with E-state index in [4.69, 9.17) is 14.9 Å². The second-order valence-corrected chi connectivity index (χ2v) is 7.00. The van der Waals surface area contributed by atoms with Gasteiger partial charge >= 0.3 is 11.9 Å². The van der Waals surface area contributed by atoms with Gasteiger partial charge in [0.25, 0.3) is 0 Å². The molecule has 1 aliphatic heterocycles. The van der Waals surface area contributed by atoms with Crippen LogP contribution >= 0.6 is 0 Å². The van der Waals surface area contributed by atoms with E-state index in [1.54, 1.807) is 0 Å². The summed E-state index contributed by atoms with van der Waals surface area (Å²) < 4.78 is 5.22. The van der Waals surface area contributed by atoms with Gasteiger partial charge in [0, 0.05) is 23.5 Å². The maximum absolute atomic E-state index is 12.9. The Labute approximate surface area is 151 Å². The van der Waals surface area contributed by atoms with Crippen LogP contribution in [0.5, 0.6) is 0 Å². The lowest BCUT2D eigenvalue weighted by Crippen LogP contribution is -2.63. The van der Waals surface area contributed by atoms with Crippen molar-refractivity contribution >= 4 is 23.5 Å². The van der Waals surface area contributed by atoms with Gasteiger partial charge in [-0.15, -0.1) is 0 Å². The number of aliphatic hydroxyl groups is 2. The zero-order valence-electron chi connectivity index (χ0n) is 13.6. The fraction of sp³-hybridized carbons (Fsp3) is 0.333. The number of hydrogen-bond acceptors (Lipinski definition) is 7. The molecule has 4 bridgehead atoms. The summed E-state index contributed by atoms with van der Waals surface area (Å²) in [6.45, 7) is 0. The smallest absolute Gasteiger partial charge is 0.328 e. The van der Waals surface area contributed by atoms with Gasteiger partial charge in [-0.25, -0.2) is 9.59 Å². The van der Waals surface area contributed by atoms with Crippen LogP contribution in [-0.2, 0) is 23.9 Å². The monoisotopic (exact) mass is 374 g/mol. The second kappa shape index (κ2) is 5.10. The van der Waals surface area contributed by atoms with Crippen LogP contribution in [0.15, 0.2) is 48.1 Å². The minimum Gasteiger partial charge on any atom is -0.478 e. The lowest BCUT2D eigenvalue weighted by atomic mass is 9.46. The Morgan fingerprint density at radius 3 is 2.37 bits per heavy atom. The van der Waals surface area contributed by atoms with Crippen LogP contribution in [0.4, 0.5) is 0 Å². The first-order valence-electron chi connectivity index (χ1n) is 8.04. The van der Waals surface area contributed by atoms with Crippen molar-refractivity contribution in [2.75, 3.05) is 0 Å². The van der Waals surface area contributed by atoms with Gasteiger partial charge in [0.15, 0.2) is 0 Å². The molecule has 2 fully saturated rings. The fourth-order valence-corrected chi connectivity index (χ4v) is 4.78. The largest absolute Gasteiger partial charge is 0.478 e. The Morgan fingerprint density at radius 1 is 1.07 bits per heavy atom. The van der Waals surface area contributed by atoms with Gasteiger partial charge in [-0.05, 0) is 11.6 Å². The minimum absolute atomic E-state index is 0.216. The zero-order valence-corrected chi connectivity index (χ0v) is 13.6. The maximum Gasteiger partial charge on any atom is 0.328 e. The number of aliphatic carboxylic acids is 2. The minimum atomic E-state index is -2.54. The van der Waals surface area contributed by atoms with Crippen LogP contribution in [0.3, 0.4) is 0 Å². The summed E-state index contributed by atoms with van der Waals surface area (Å²) in [7, 11) is 0. The third-order valence-electron chi connectivity index (χ3n) is 5.73. The van der Waals surface area contributed by atoms with E-state index in [1.807, 2.05) is 0 Å². The Balaban J connectivity index is 1.99. The summed E-state index contributed by atoms with van der Waals surface area (Å²) in [5.41, 5.74) is -1.19. The Morgan fingerprint density at radius 2 is 1.74 bits per heavy atom. The molecule has 0 amide bonds. The van der Waals surface area contributed by atoms with Crippen molar-refractivity contribution in [3.05, 3.63) is 48.1 Å². The van der Waals surface area contributed by atoms with E-state index in [-0.39, 0.29) is 5.57 Å². The predicted octanol–water partition coefficient (Wildman–Crippen LogP) is -0.828. The van der Waals surface area contributed by atoms with Crippen molar-refractivity contribution in [3.8, 4) is 0 Å². The number of Topliss-reactive ketones (excluding diaryl/α,β-unsaturated/α-hetero) is 1. The van der Waals surface area contributed by atoms with Crippen molar-refractivity contribution in [2.24, 2.45) is 23.2 Å². The molecule has 0 aromatic rings. The number of allylic oxidation sites excluding steroid dienone is 4. The van der Waals surface area contributed by atoms with Gasteiger partial charge in [0.2, 0.25) is 23.1 Å². The first-order valence-corrected chi connectivity index (χ1v) is 8.04. The van der Waals surface area contributed by atoms with Crippen molar-refractivity contribution in [3.63, 3.8) is 0 Å². The molecule has 0 spiro atoms. The third-order valence-corrected chi connectivity index (χ3v) is 5.73. The highest BCUT2D eigenvalue weighted by Gasteiger charge is 2.80. The van der Waals surface area contributed by atoms with Crippen LogP contribution in [-0.4, -0.2) is 55.5 Å². The van der Waals surface area contributed by atoms with Crippen LogP contribution in [0.2, 0.25) is 0 Å².